The number of carbonyl (C=O) groups is 1. The zero-order valence-corrected chi connectivity index (χ0v) is 10.7. The highest BCUT2D eigenvalue weighted by Crippen LogP contribution is 2.28. The monoisotopic (exact) mass is 270 g/mol. The highest BCUT2D eigenvalue weighted by atomic mass is 19.4. The van der Waals surface area contributed by atoms with Gasteiger partial charge in [-0.05, 0) is 24.0 Å². The van der Waals surface area contributed by atoms with Crippen LogP contribution in [0.15, 0.2) is 24.3 Å². The molecule has 0 unspecified atom stereocenters. The number of benzene rings is 1. The fraction of sp³-hybridized carbons (Fsp3) is 0.533. The highest BCUT2D eigenvalue weighted by Gasteiger charge is 2.39. The van der Waals surface area contributed by atoms with Crippen molar-refractivity contribution < 1.29 is 18.0 Å². The van der Waals surface area contributed by atoms with Gasteiger partial charge in [-0.25, -0.2) is 0 Å². The standard InChI is InChI=1S/C15H17F3O/c16-15(17,18)14(19)13-8-4-7-12(10-13)9-11-5-2-1-3-6-11/h4,7-8,10-11H,1-3,5-6,9H2. The summed E-state index contributed by atoms with van der Waals surface area (Å²) in [7, 11) is 0. The van der Waals surface area contributed by atoms with Crippen molar-refractivity contribution in [3.05, 3.63) is 35.4 Å². The predicted octanol–water partition coefficient (Wildman–Crippen LogP) is 4.55. The largest absolute Gasteiger partial charge is 0.454 e. The Morgan fingerprint density at radius 3 is 2.47 bits per heavy atom. The molecule has 104 valence electrons. The summed E-state index contributed by atoms with van der Waals surface area (Å²) in [6, 6.07) is 5.98. The normalized spacial score (nSPS) is 17.4. The van der Waals surface area contributed by atoms with Crippen LogP contribution in [0.1, 0.15) is 48.0 Å². The quantitative estimate of drug-likeness (QED) is 0.736. The smallest absolute Gasteiger partial charge is 0.284 e. The fourth-order valence-corrected chi connectivity index (χ4v) is 2.73. The molecule has 0 aliphatic heterocycles. The number of rotatable bonds is 3. The molecular formula is C15H17F3O. The van der Waals surface area contributed by atoms with Crippen LogP contribution in [0.5, 0.6) is 0 Å². The van der Waals surface area contributed by atoms with Crippen molar-refractivity contribution in [1.82, 2.24) is 0 Å². The van der Waals surface area contributed by atoms with E-state index in [1.165, 1.54) is 37.5 Å². The topological polar surface area (TPSA) is 17.1 Å². The van der Waals surface area contributed by atoms with Crippen LogP contribution in [-0.2, 0) is 6.42 Å². The second kappa shape index (κ2) is 5.76. The maximum atomic E-state index is 12.4. The molecule has 1 nitrogen and oxygen atoms in total. The first-order chi connectivity index (χ1) is 8.97. The molecule has 0 heterocycles. The molecule has 0 aromatic heterocycles. The van der Waals surface area contributed by atoms with Crippen molar-refractivity contribution in [2.45, 2.75) is 44.7 Å². The summed E-state index contributed by atoms with van der Waals surface area (Å²) in [5, 5.41) is 0. The molecule has 0 bridgehead atoms. The van der Waals surface area contributed by atoms with Crippen molar-refractivity contribution in [2.24, 2.45) is 5.92 Å². The van der Waals surface area contributed by atoms with Gasteiger partial charge in [-0.15, -0.1) is 0 Å². The summed E-state index contributed by atoms with van der Waals surface area (Å²) < 4.78 is 37.1. The maximum Gasteiger partial charge on any atom is 0.454 e. The first-order valence-corrected chi connectivity index (χ1v) is 6.67. The van der Waals surface area contributed by atoms with Crippen molar-refractivity contribution in [1.29, 1.82) is 0 Å². The minimum atomic E-state index is -4.79. The Balaban J connectivity index is 2.08. The van der Waals surface area contributed by atoms with E-state index in [2.05, 4.69) is 0 Å². The summed E-state index contributed by atoms with van der Waals surface area (Å²) in [4.78, 5) is 11.2. The Kier molecular flexibility index (Phi) is 4.27. The number of alkyl halides is 3. The Hall–Kier alpha value is -1.32. The Bertz CT molecular complexity index is 445. The summed E-state index contributed by atoms with van der Waals surface area (Å²) in [6.45, 7) is 0. The van der Waals surface area contributed by atoms with Crippen molar-refractivity contribution in [3.63, 3.8) is 0 Å². The first kappa shape index (κ1) is 14.1. The Morgan fingerprint density at radius 1 is 1.16 bits per heavy atom. The van der Waals surface area contributed by atoms with Crippen molar-refractivity contribution in [3.8, 4) is 0 Å². The Labute approximate surface area is 110 Å². The molecule has 19 heavy (non-hydrogen) atoms. The minimum Gasteiger partial charge on any atom is -0.284 e. The molecule has 0 radical (unpaired) electrons. The highest BCUT2D eigenvalue weighted by molar-refractivity contribution is 6.00. The molecule has 4 heteroatoms. The van der Waals surface area contributed by atoms with E-state index in [1.807, 2.05) is 6.07 Å². The molecule has 0 amide bonds. The third kappa shape index (κ3) is 3.82. The molecule has 1 saturated carbocycles. The number of ketones is 1. The van der Waals surface area contributed by atoms with Crippen LogP contribution in [0.3, 0.4) is 0 Å². The molecule has 1 fully saturated rings. The number of hydrogen-bond donors (Lipinski definition) is 0. The second-order valence-corrected chi connectivity index (χ2v) is 5.24. The number of halogens is 3. The van der Waals surface area contributed by atoms with E-state index < -0.39 is 12.0 Å². The van der Waals surface area contributed by atoms with E-state index in [4.69, 9.17) is 0 Å². The summed E-state index contributed by atoms with van der Waals surface area (Å²) in [5.41, 5.74) is 0.586. The van der Waals surface area contributed by atoms with Gasteiger partial charge in [-0.3, -0.25) is 4.79 Å². The van der Waals surface area contributed by atoms with Crippen LogP contribution < -0.4 is 0 Å². The molecule has 1 aromatic rings. The molecule has 0 atom stereocenters. The molecule has 2 rings (SSSR count). The van der Waals surface area contributed by atoms with Crippen LogP contribution >= 0.6 is 0 Å². The molecule has 0 saturated heterocycles. The summed E-state index contributed by atoms with van der Waals surface area (Å²) in [6.07, 6.45) is 1.91. The van der Waals surface area contributed by atoms with E-state index in [-0.39, 0.29) is 5.56 Å². The van der Waals surface area contributed by atoms with Gasteiger partial charge in [0.15, 0.2) is 0 Å². The van der Waals surface area contributed by atoms with Gasteiger partial charge in [0.1, 0.15) is 0 Å². The van der Waals surface area contributed by atoms with E-state index in [0.29, 0.717) is 5.92 Å². The van der Waals surface area contributed by atoms with Gasteiger partial charge < -0.3 is 0 Å². The van der Waals surface area contributed by atoms with Gasteiger partial charge in [-0.1, -0.05) is 50.3 Å². The van der Waals surface area contributed by atoms with Crippen LogP contribution in [0.4, 0.5) is 13.2 Å². The SMILES string of the molecule is O=C(c1cccc(CC2CCCCC2)c1)C(F)(F)F. The van der Waals surface area contributed by atoms with Crippen LogP contribution in [0.25, 0.3) is 0 Å². The van der Waals surface area contributed by atoms with Crippen LogP contribution in [-0.4, -0.2) is 12.0 Å². The lowest BCUT2D eigenvalue weighted by Gasteiger charge is -2.21. The fourth-order valence-electron chi connectivity index (χ4n) is 2.73. The lowest BCUT2D eigenvalue weighted by Crippen LogP contribution is -2.22. The molecule has 0 N–H and O–H groups in total. The van der Waals surface area contributed by atoms with Crippen molar-refractivity contribution >= 4 is 5.78 Å². The number of hydrogen-bond acceptors (Lipinski definition) is 1. The zero-order valence-electron chi connectivity index (χ0n) is 10.7. The predicted molar refractivity (Wildman–Crippen MR) is 67.1 cm³/mol. The zero-order chi connectivity index (χ0) is 13.9. The van der Waals surface area contributed by atoms with E-state index in [0.717, 1.165) is 24.8 Å². The molecular weight excluding hydrogens is 253 g/mol. The second-order valence-electron chi connectivity index (χ2n) is 5.24. The number of Topliss-reactive ketones (excluding diaryl/α,β-unsaturated/α-hetero) is 1. The van der Waals surface area contributed by atoms with E-state index >= 15 is 0 Å². The number of carbonyl (C=O) groups excluding carboxylic acids is 1. The van der Waals surface area contributed by atoms with Gasteiger partial charge in [0.2, 0.25) is 0 Å². The third-order valence-corrected chi connectivity index (χ3v) is 3.70. The maximum absolute atomic E-state index is 12.4. The molecule has 1 aliphatic rings. The third-order valence-electron chi connectivity index (χ3n) is 3.70. The van der Waals surface area contributed by atoms with Gasteiger partial charge >= 0.3 is 6.18 Å². The van der Waals surface area contributed by atoms with Gasteiger partial charge in [0.25, 0.3) is 5.78 Å². The summed E-state index contributed by atoms with van der Waals surface area (Å²) >= 11 is 0. The lowest BCUT2D eigenvalue weighted by molar-refractivity contribution is -0.0885. The Morgan fingerprint density at radius 2 is 1.84 bits per heavy atom. The average Bonchev–Trinajstić information content (AvgIpc) is 2.38. The van der Waals surface area contributed by atoms with E-state index in [1.54, 1.807) is 0 Å². The van der Waals surface area contributed by atoms with Gasteiger partial charge in [0, 0.05) is 5.56 Å². The van der Waals surface area contributed by atoms with Crippen LogP contribution in [0, 0.1) is 5.92 Å². The van der Waals surface area contributed by atoms with Gasteiger partial charge in [-0.2, -0.15) is 13.2 Å². The van der Waals surface area contributed by atoms with Crippen LogP contribution in [0.2, 0.25) is 0 Å². The minimum absolute atomic E-state index is 0.249. The lowest BCUT2D eigenvalue weighted by atomic mass is 9.84. The summed E-state index contributed by atoms with van der Waals surface area (Å²) in [5.74, 6) is -1.21. The average molecular weight is 270 g/mol. The molecule has 1 aromatic carbocycles. The molecule has 1 aliphatic carbocycles. The first-order valence-electron chi connectivity index (χ1n) is 6.67. The molecule has 0 spiro atoms. The van der Waals surface area contributed by atoms with Crippen molar-refractivity contribution in [2.75, 3.05) is 0 Å². The van der Waals surface area contributed by atoms with E-state index in [9.17, 15) is 18.0 Å². The van der Waals surface area contributed by atoms with Gasteiger partial charge in [0.05, 0.1) is 0 Å².